The molecule has 0 amide bonds. The van der Waals surface area contributed by atoms with Crippen molar-refractivity contribution in [2.75, 3.05) is 7.11 Å². The van der Waals surface area contributed by atoms with Crippen molar-refractivity contribution in [1.29, 1.82) is 0 Å². The third-order valence-electron chi connectivity index (χ3n) is 1.82. The summed E-state index contributed by atoms with van der Waals surface area (Å²) < 4.78 is 4.84. The molecule has 0 atom stereocenters. The van der Waals surface area contributed by atoms with E-state index in [4.69, 9.17) is 9.84 Å². The van der Waals surface area contributed by atoms with E-state index in [1.165, 1.54) is 13.3 Å². The smallest absolute Gasteiger partial charge is 0.341 e. The van der Waals surface area contributed by atoms with Crippen molar-refractivity contribution in [3.8, 4) is 5.88 Å². The normalized spacial score (nSPS) is 9.86. The molecule has 0 spiro atoms. The number of methoxy groups -OCH3 is 1. The van der Waals surface area contributed by atoms with Gasteiger partial charge in [-0.2, -0.15) is 5.10 Å². The van der Waals surface area contributed by atoms with Crippen molar-refractivity contribution in [3.05, 3.63) is 17.3 Å². The maximum atomic E-state index is 10.9. The first-order valence-electron chi connectivity index (χ1n) is 4.32. The molecule has 1 heterocycles. The largest absolute Gasteiger partial charge is 0.479 e. The summed E-state index contributed by atoms with van der Waals surface area (Å²) in [4.78, 5) is 10.9. The molecule has 0 saturated carbocycles. The second kappa shape index (κ2) is 4.55. The summed E-state index contributed by atoms with van der Waals surface area (Å²) in [5.41, 5.74) is 0.774. The van der Waals surface area contributed by atoms with Crippen LogP contribution in [0.15, 0.2) is 6.20 Å². The van der Waals surface area contributed by atoms with E-state index in [0.29, 0.717) is 12.0 Å². The minimum absolute atomic E-state index is 0.0726. The first kappa shape index (κ1) is 10.4. The van der Waals surface area contributed by atoms with E-state index in [1.54, 1.807) is 0 Å². The van der Waals surface area contributed by atoms with Crippen LogP contribution in [-0.2, 0) is 6.42 Å². The van der Waals surface area contributed by atoms with E-state index in [9.17, 15) is 4.79 Å². The van der Waals surface area contributed by atoms with E-state index < -0.39 is 5.97 Å². The molecule has 1 aromatic heterocycles. The topological polar surface area (TPSA) is 72.3 Å². The van der Waals surface area contributed by atoms with Gasteiger partial charge in [-0.3, -0.25) is 0 Å². The zero-order valence-corrected chi connectivity index (χ0v) is 8.15. The van der Waals surface area contributed by atoms with Gasteiger partial charge in [-0.15, -0.1) is 5.10 Å². The standard InChI is InChI=1S/C9H12N2O3/c1-3-4-6-5-10-11-8(14-2)7(6)9(12)13/h5H,3-4H2,1-2H3,(H,12,13). The molecule has 0 bridgehead atoms. The molecule has 76 valence electrons. The van der Waals surface area contributed by atoms with Crippen LogP contribution in [0.1, 0.15) is 29.3 Å². The Hall–Kier alpha value is -1.65. The lowest BCUT2D eigenvalue weighted by molar-refractivity contribution is 0.0690. The zero-order chi connectivity index (χ0) is 10.6. The summed E-state index contributed by atoms with van der Waals surface area (Å²) in [6.07, 6.45) is 2.98. The van der Waals surface area contributed by atoms with Crippen molar-refractivity contribution in [1.82, 2.24) is 10.2 Å². The Morgan fingerprint density at radius 3 is 2.86 bits per heavy atom. The van der Waals surface area contributed by atoms with Gasteiger partial charge in [0, 0.05) is 0 Å². The van der Waals surface area contributed by atoms with Gasteiger partial charge in [0.1, 0.15) is 5.56 Å². The monoisotopic (exact) mass is 196 g/mol. The Morgan fingerprint density at radius 1 is 1.64 bits per heavy atom. The fraction of sp³-hybridized carbons (Fsp3) is 0.444. The second-order valence-electron chi connectivity index (χ2n) is 2.81. The number of hydrogen-bond donors (Lipinski definition) is 1. The number of aromatic nitrogens is 2. The number of carboxylic acids is 1. The van der Waals surface area contributed by atoms with Gasteiger partial charge in [-0.25, -0.2) is 4.79 Å². The molecule has 0 unspecified atom stereocenters. The van der Waals surface area contributed by atoms with Gasteiger partial charge >= 0.3 is 5.97 Å². The number of ether oxygens (including phenoxy) is 1. The van der Waals surface area contributed by atoms with Crippen LogP contribution in [0.25, 0.3) is 0 Å². The van der Waals surface area contributed by atoms with Gasteiger partial charge in [0.15, 0.2) is 0 Å². The van der Waals surface area contributed by atoms with Crippen LogP contribution in [0.4, 0.5) is 0 Å². The van der Waals surface area contributed by atoms with Gasteiger partial charge < -0.3 is 9.84 Å². The second-order valence-corrected chi connectivity index (χ2v) is 2.81. The predicted molar refractivity (Wildman–Crippen MR) is 49.5 cm³/mol. The molecule has 5 heteroatoms. The SMILES string of the molecule is CCCc1cnnc(OC)c1C(=O)O. The van der Waals surface area contributed by atoms with Crippen LogP contribution in [-0.4, -0.2) is 28.4 Å². The first-order chi connectivity index (χ1) is 6.70. The highest BCUT2D eigenvalue weighted by Gasteiger charge is 2.17. The van der Waals surface area contributed by atoms with Gasteiger partial charge in [-0.1, -0.05) is 13.3 Å². The Labute approximate surface area is 81.7 Å². The van der Waals surface area contributed by atoms with E-state index >= 15 is 0 Å². The summed E-state index contributed by atoms with van der Waals surface area (Å²) in [5, 5.41) is 16.2. The van der Waals surface area contributed by atoms with Crippen molar-refractivity contribution >= 4 is 5.97 Å². The Kier molecular flexibility index (Phi) is 3.39. The van der Waals surface area contributed by atoms with Crippen molar-refractivity contribution in [2.24, 2.45) is 0 Å². The highest BCUT2D eigenvalue weighted by Crippen LogP contribution is 2.19. The molecule has 0 aromatic carbocycles. The number of carbonyl (C=O) groups is 1. The van der Waals surface area contributed by atoms with Crippen LogP contribution in [0.2, 0.25) is 0 Å². The van der Waals surface area contributed by atoms with E-state index in [2.05, 4.69) is 10.2 Å². The molecule has 0 aliphatic carbocycles. The lowest BCUT2D eigenvalue weighted by Gasteiger charge is -2.06. The summed E-state index contributed by atoms with van der Waals surface area (Å²) >= 11 is 0. The third kappa shape index (κ3) is 1.99. The fourth-order valence-corrected chi connectivity index (χ4v) is 1.23. The highest BCUT2D eigenvalue weighted by atomic mass is 16.5. The van der Waals surface area contributed by atoms with Crippen molar-refractivity contribution in [2.45, 2.75) is 19.8 Å². The molecule has 0 radical (unpaired) electrons. The maximum absolute atomic E-state index is 10.9. The van der Waals surface area contributed by atoms with Gasteiger partial charge in [0.2, 0.25) is 5.88 Å². The number of rotatable bonds is 4. The van der Waals surface area contributed by atoms with Crippen LogP contribution >= 0.6 is 0 Å². The van der Waals surface area contributed by atoms with Gasteiger partial charge in [0.25, 0.3) is 0 Å². The molecule has 0 fully saturated rings. The molecule has 1 aromatic rings. The molecular weight excluding hydrogens is 184 g/mol. The quantitative estimate of drug-likeness (QED) is 0.781. The average molecular weight is 196 g/mol. The molecule has 0 aliphatic heterocycles. The minimum atomic E-state index is -1.03. The van der Waals surface area contributed by atoms with E-state index in [-0.39, 0.29) is 11.4 Å². The Morgan fingerprint density at radius 2 is 2.36 bits per heavy atom. The van der Waals surface area contributed by atoms with Crippen LogP contribution in [0.5, 0.6) is 5.88 Å². The molecule has 1 N–H and O–H groups in total. The first-order valence-corrected chi connectivity index (χ1v) is 4.32. The summed E-state index contributed by atoms with van der Waals surface area (Å²) in [6.45, 7) is 1.97. The van der Waals surface area contributed by atoms with Crippen molar-refractivity contribution in [3.63, 3.8) is 0 Å². The third-order valence-corrected chi connectivity index (χ3v) is 1.82. The summed E-state index contributed by atoms with van der Waals surface area (Å²) in [7, 11) is 1.38. The molecule has 1 rings (SSSR count). The van der Waals surface area contributed by atoms with E-state index in [1.807, 2.05) is 6.92 Å². The van der Waals surface area contributed by atoms with Gasteiger partial charge in [-0.05, 0) is 12.0 Å². The van der Waals surface area contributed by atoms with Crippen LogP contribution in [0.3, 0.4) is 0 Å². The average Bonchev–Trinajstić information content (AvgIpc) is 2.17. The van der Waals surface area contributed by atoms with Crippen molar-refractivity contribution < 1.29 is 14.6 Å². The predicted octanol–water partition coefficient (Wildman–Crippen LogP) is 1.14. The number of hydrogen-bond acceptors (Lipinski definition) is 4. The van der Waals surface area contributed by atoms with Crippen LogP contribution in [0, 0.1) is 0 Å². The fourth-order valence-electron chi connectivity index (χ4n) is 1.23. The number of aryl methyl sites for hydroxylation is 1. The number of nitrogens with zero attached hydrogens (tertiary/aromatic N) is 2. The molecule has 0 saturated heterocycles. The van der Waals surface area contributed by atoms with Gasteiger partial charge in [0.05, 0.1) is 13.3 Å². The molecule has 5 nitrogen and oxygen atoms in total. The molecule has 0 aliphatic rings. The molecule has 14 heavy (non-hydrogen) atoms. The number of carboxylic acid groups (broad SMARTS) is 1. The number of aromatic carboxylic acids is 1. The lowest BCUT2D eigenvalue weighted by Crippen LogP contribution is -2.08. The summed E-state index contributed by atoms with van der Waals surface area (Å²) in [6, 6.07) is 0. The maximum Gasteiger partial charge on any atom is 0.341 e. The summed E-state index contributed by atoms with van der Waals surface area (Å²) in [5.74, 6) is -0.955. The highest BCUT2D eigenvalue weighted by molar-refractivity contribution is 5.91. The minimum Gasteiger partial charge on any atom is -0.479 e. The Balaban J connectivity index is 3.20. The molecular formula is C9H12N2O3. The van der Waals surface area contributed by atoms with Crippen LogP contribution < -0.4 is 4.74 Å². The zero-order valence-electron chi connectivity index (χ0n) is 8.15. The Bertz CT molecular complexity index is 339. The lowest BCUT2D eigenvalue weighted by atomic mass is 10.1. The van der Waals surface area contributed by atoms with E-state index in [0.717, 1.165) is 6.42 Å².